The molecule has 5 aromatic rings. The molecule has 172 valence electrons. The lowest BCUT2D eigenvalue weighted by molar-refractivity contribution is -0.142. The normalized spacial score (nSPS) is 11.2. The Balaban J connectivity index is 1.50. The standard InChI is InChI=1S/C28H25NO5/c1-2-31-26(30)15-21-6-7-25-23(9-11-32-25)27(21)34-17-19-13-22-8-10-33-28(22)24(14-19)20-5-3-4-18(12-20)16-29/h3-14H,2,15-17,29H2,1H3. The third-order valence-corrected chi connectivity index (χ3v) is 5.78. The molecular formula is C28H25NO5. The highest BCUT2D eigenvalue weighted by Crippen LogP contribution is 2.34. The van der Waals surface area contributed by atoms with E-state index in [0.717, 1.165) is 44.2 Å². The van der Waals surface area contributed by atoms with E-state index in [1.807, 2.05) is 42.5 Å². The van der Waals surface area contributed by atoms with Crippen LogP contribution in [0.3, 0.4) is 0 Å². The summed E-state index contributed by atoms with van der Waals surface area (Å²) in [7, 11) is 0. The van der Waals surface area contributed by atoms with Crippen LogP contribution in [0.1, 0.15) is 23.6 Å². The van der Waals surface area contributed by atoms with Crippen molar-refractivity contribution in [3.8, 4) is 16.9 Å². The molecule has 0 saturated carbocycles. The number of fused-ring (bicyclic) bond motifs is 2. The van der Waals surface area contributed by atoms with Gasteiger partial charge in [-0.3, -0.25) is 4.79 Å². The molecule has 0 atom stereocenters. The number of furan rings is 2. The Morgan fingerprint density at radius 3 is 2.71 bits per heavy atom. The van der Waals surface area contributed by atoms with Gasteiger partial charge in [-0.2, -0.15) is 0 Å². The molecule has 5 rings (SSSR count). The molecule has 0 bridgehead atoms. The predicted octanol–water partition coefficient (Wildman–Crippen LogP) is 5.99. The molecule has 0 saturated heterocycles. The Morgan fingerprint density at radius 1 is 0.971 bits per heavy atom. The molecule has 0 spiro atoms. The molecule has 0 fully saturated rings. The van der Waals surface area contributed by atoms with Gasteiger partial charge in [-0.1, -0.05) is 24.3 Å². The fourth-order valence-corrected chi connectivity index (χ4v) is 4.20. The molecule has 0 aliphatic rings. The molecule has 2 heterocycles. The molecule has 6 heteroatoms. The van der Waals surface area contributed by atoms with Crippen LogP contribution in [0.25, 0.3) is 33.1 Å². The van der Waals surface area contributed by atoms with Gasteiger partial charge in [0.15, 0.2) is 0 Å². The minimum atomic E-state index is -0.294. The fourth-order valence-electron chi connectivity index (χ4n) is 4.20. The second-order valence-electron chi connectivity index (χ2n) is 8.04. The lowest BCUT2D eigenvalue weighted by Crippen LogP contribution is -2.09. The van der Waals surface area contributed by atoms with Crippen molar-refractivity contribution in [2.24, 2.45) is 5.73 Å². The number of hydrogen-bond donors (Lipinski definition) is 1. The Kier molecular flexibility index (Phi) is 6.06. The summed E-state index contributed by atoms with van der Waals surface area (Å²) < 4.78 is 22.8. The van der Waals surface area contributed by atoms with E-state index < -0.39 is 0 Å². The summed E-state index contributed by atoms with van der Waals surface area (Å²) in [6.07, 6.45) is 3.43. The zero-order chi connectivity index (χ0) is 23.5. The van der Waals surface area contributed by atoms with E-state index in [1.54, 1.807) is 19.5 Å². The lowest BCUT2D eigenvalue weighted by atomic mass is 9.99. The first kappa shape index (κ1) is 21.8. The van der Waals surface area contributed by atoms with Crippen molar-refractivity contribution in [2.45, 2.75) is 26.5 Å². The maximum absolute atomic E-state index is 12.2. The molecule has 2 N–H and O–H groups in total. The number of rotatable bonds is 8. The minimum absolute atomic E-state index is 0.127. The van der Waals surface area contributed by atoms with Gasteiger partial charge in [-0.05, 0) is 60.0 Å². The number of ether oxygens (including phenoxy) is 2. The van der Waals surface area contributed by atoms with Crippen LogP contribution in [0.2, 0.25) is 0 Å². The SMILES string of the molecule is CCOC(=O)Cc1ccc2occc2c1OCc1cc(-c2cccc(CN)c2)c2occc2c1. The van der Waals surface area contributed by atoms with E-state index in [1.165, 1.54) is 0 Å². The van der Waals surface area contributed by atoms with Crippen LogP contribution in [-0.4, -0.2) is 12.6 Å². The fraction of sp³-hybridized carbons (Fsp3) is 0.179. The number of carbonyl (C=O) groups excluding carboxylic acids is 1. The predicted molar refractivity (Wildman–Crippen MR) is 130 cm³/mol. The maximum atomic E-state index is 12.2. The first-order valence-corrected chi connectivity index (χ1v) is 11.2. The van der Waals surface area contributed by atoms with Gasteiger partial charge in [0.25, 0.3) is 0 Å². The highest BCUT2D eigenvalue weighted by atomic mass is 16.5. The third kappa shape index (κ3) is 4.28. The number of esters is 1. The Morgan fingerprint density at radius 2 is 1.85 bits per heavy atom. The summed E-state index contributed by atoms with van der Waals surface area (Å²) >= 11 is 0. The highest BCUT2D eigenvalue weighted by Gasteiger charge is 2.16. The summed E-state index contributed by atoms with van der Waals surface area (Å²) in [5.41, 5.74) is 12.2. The lowest BCUT2D eigenvalue weighted by Gasteiger charge is -2.14. The van der Waals surface area contributed by atoms with E-state index in [2.05, 4.69) is 18.2 Å². The summed E-state index contributed by atoms with van der Waals surface area (Å²) in [5.74, 6) is 0.329. The number of benzene rings is 3. The second-order valence-corrected chi connectivity index (χ2v) is 8.04. The van der Waals surface area contributed by atoms with Gasteiger partial charge in [-0.15, -0.1) is 0 Å². The molecule has 6 nitrogen and oxygen atoms in total. The van der Waals surface area contributed by atoms with Crippen molar-refractivity contribution in [3.05, 3.63) is 89.9 Å². The smallest absolute Gasteiger partial charge is 0.310 e. The van der Waals surface area contributed by atoms with Crippen LogP contribution in [0.15, 0.2) is 82.0 Å². The minimum Gasteiger partial charge on any atom is -0.488 e. The maximum Gasteiger partial charge on any atom is 0.310 e. The van der Waals surface area contributed by atoms with Crippen LogP contribution in [0.5, 0.6) is 5.75 Å². The van der Waals surface area contributed by atoms with E-state index in [0.29, 0.717) is 31.1 Å². The van der Waals surface area contributed by atoms with Gasteiger partial charge in [0.1, 0.15) is 23.5 Å². The molecule has 34 heavy (non-hydrogen) atoms. The topological polar surface area (TPSA) is 87.8 Å². The largest absolute Gasteiger partial charge is 0.488 e. The van der Waals surface area contributed by atoms with Crippen LogP contribution in [0, 0.1) is 0 Å². The molecule has 0 aliphatic carbocycles. The molecule has 0 amide bonds. The van der Waals surface area contributed by atoms with Gasteiger partial charge in [0.2, 0.25) is 0 Å². The Hall–Kier alpha value is -4.03. The van der Waals surface area contributed by atoms with Crippen LogP contribution < -0.4 is 10.5 Å². The van der Waals surface area contributed by atoms with E-state index in [9.17, 15) is 4.79 Å². The first-order chi connectivity index (χ1) is 16.7. The van der Waals surface area contributed by atoms with E-state index in [4.69, 9.17) is 24.0 Å². The van der Waals surface area contributed by atoms with Crippen molar-refractivity contribution in [1.29, 1.82) is 0 Å². The first-order valence-electron chi connectivity index (χ1n) is 11.2. The summed E-state index contributed by atoms with van der Waals surface area (Å²) in [5, 5.41) is 1.81. The molecule has 3 aromatic carbocycles. The van der Waals surface area contributed by atoms with Crippen LogP contribution >= 0.6 is 0 Å². The van der Waals surface area contributed by atoms with Crippen molar-refractivity contribution in [1.82, 2.24) is 0 Å². The quantitative estimate of drug-likeness (QED) is 0.289. The average molecular weight is 456 g/mol. The van der Waals surface area contributed by atoms with Gasteiger partial charge >= 0.3 is 5.97 Å². The van der Waals surface area contributed by atoms with Gasteiger partial charge in [-0.25, -0.2) is 0 Å². The van der Waals surface area contributed by atoms with Crippen molar-refractivity contribution in [3.63, 3.8) is 0 Å². The summed E-state index contributed by atoms with van der Waals surface area (Å²) in [6.45, 7) is 2.91. The van der Waals surface area contributed by atoms with Crippen molar-refractivity contribution in [2.75, 3.05) is 6.61 Å². The highest BCUT2D eigenvalue weighted by molar-refractivity contribution is 5.93. The Labute approximate surface area is 196 Å². The third-order valence-electron chi connectivity index (χ3n) is 5.78. The number of carbonyl (C=O) groups is 1. The molecule has 0 radical (unpaired) electrons. The van der Waals surface area contributed by atoms with E-state index in [-0.39, 0.29) is 12.4 Å². The van der Waals surface area contributed by atoms with E-state index >= 15 is 0 Å². The van der Waals surface area contributed by atoms with Crippen LogP contribution in [0.4, 0.5) is 0 Å². The average Bonchev–Trinajstić information content (AvgIpc) is 3.52. The molecule has 2 aromatic heterocycles. The zero-order valence-corrected chi connectivity index (χ0v) is 18.9. The second kappa shape index (κ2) is 9.45. The van der Waals surface area contributed by atoms with Gasteiger partial charge in [0.05, 0.1) is 30.9 Å². The van der Waals surface area contributed by atoms with Gasteiger partial charge in [0, 0.05) is 23.1 Å². The monoisotopic (exact) mass is 455 g/mol. The van der Waals surface area contributed by atoms with Crippen LogP contribution in [-0.2, 0) is 29.1 Å². The Bertz CT molecular complexity index is 1460. The molecular weight excluding hydrogens is 430 g/mol. The van der Waals surface area contributed by atoms with Crippen molar-refractivity contribution >= 4 is 27.9 Å². The number of nitrogens with two attached hydrogens (primary N) is 1. The van der Waals surface area contributed by atoms with Gasteiger partial charge < -0.3 is 24.0 Å². The summed E-state index contributed by atoms with van der Waals surface area (Å²) in [4.78, 5) is 12.2. The summed E-state index contributed by atoms with van der Waals surface area (Å²) in [6, 6.07) is 19.7. The molecule has 0 aliphatic heterocycles. The zero-order valence-electron chi connectivity index (χ0n) is 18.9. The number of hydrogen-bond acceptors (Lipinski definition) is 6. The van der Waals surface area contributed by atoms with Crippen molar-refractivity contribution < 1.29 is 23.1 Å². The molecule has 0 unspecified atom stereocenters.